The highest BCUT2D eigenvalue weighted by molar-refractivity contribution is 5.92. The van der Waals surface area contributed by atoms with Gasteiger partial charge in [-0.1, -0.05) is 25.3 Å². The quantitative estimate of drug-likeness (QED) is 0.715. The number of carbonyl (C=O) groups excluding carboxylic acids is 2. The first-order chi connectivity index (χ1) is 9.16. The molecule has 0 bridgehead atoms. The van der Waals surface area contributed by atoms with Crippen LogP contribution in [-0.4, -0.2) is 11.6 Å². The van der Waals surface area contributed by atoms with Crippen LogP contribution in [0.25, 0.3) is 0 Å². The van der Waals surface area contributed by atoms with E-state index >= 15 is 0 Å². The van der Waals surface area contributed by atoms with E-state index in [2.05, 4.69) is 6.08 Å². The molecule has 0 saturated heterocycles. The molecule has 0 N–H and O–H groups in total. The van der Waals surface area contributed by atoms with Crippen LogP contribution in [0.15, 0.2) is 12.2 Å². The Balaban J connectivity index is 1.77. The lowest BCUT2D eigenvalue weighted by Crippen LogP contribution is -2.24. The molecule has 106 valence electrons. The predicted octanol–water partition coefficient (Wildman–Crippen LogP) is 4.09. The van der Waals surface area contributed by atoms with Crippen molar-refractivity contribution in [2.75, 3.05) is 0 Å². The molecule has 19 heavy (non-hydrogen) atoms. The minimum atomic E-state index is 0.176. The van der Waals surface area contributed by atoms with Gasteiger partial charge in [0.2, 0.25) is 0 Å². The van der Waals surface area contributed by atoms with Gasteiger partial charge in [-0.15, -0.1) is 0 Å². The summed E-state index contributed by atoms with van der Waals surface area (Å²) >= 11 is 0. The van der Waals surface area contributed by atoms with E-state index < -0.39 is 0 Å². The monoisotopic (exact) mass is 262 g/mol. The second kappa shape index (κ2) is 7.02. The lowest BCUT2D eigenvalue weighted by atomic mass is 9.78. The third-order valence-corrected chi connectivity index (χ3v) is 4.89. The summed E-state index contributed by atoms with van der Waals surface area (Å²) in [4.78, 5) is 23.5. The number of allylic oxidation sites excluding steroid dienone is 2. The van der Waals surface area contributed by atoms with Crippen molar-refractivity contribution in [1.82, 2.24) is 0 Å². The van der Waals surface area contributed by atoms with Crippen LogP contribution >= 0.6 is 0 Å². The topological polar surface area (TPSA) is 34.1 Å². The molecule has 2 nitrogen and oxygen atoms in total. The van der Waals surface area contributed by atoms with Gasteiger partial charge in [0.1, 0.15) is 5.78 Å². The highest BCUT2D eigenvalue weighted by atomic mass is 16.1. The summed E-state index contributed by atoms with van der Waals surface area (Å²) in [6.45, 7) is 1.68. The van der Waals surface area contributed by atoms with Crippen LogP contribution in [0, 0.1) is 17.8 Å². The van der Waals surface area contributed by atoms with Crippen LogP contribution in [-0.2, 0) is 9.59 Å². The molecule has 0 radical (unpaired) electrons. The molecule has 0 spiro atoms. The molecular weight excluding hydrogens is 236 g/mol. The summed E-state index contributed by atoms with van der Waals surface area (Å²) in [5, 5.41) is 0. The maximum Gasteiger partial charge on any atom is 0.158 e. The van der Waals surface area contributed by atoms with Crippen molar-refractivity contribution in [1.29, 1.82) is 0 Å². The standard InChI is InChI=1S/C17H26O2/c1-13(18)15-8-10-16(11-9-15)17(19)12-7-14-5-3-2-4-6-14/h7,12,14-16H,2-6,8-11H2,1H3/b12-7+. The van der Waals surface area contributed by atoms with Crippen molar-refractivity contribution in [3.8, 4) is 0 Å². The van der Waals surface area contributed by atoms with Gasteiger partial charge in [-0.2, -0.15) is 0 Å². The summed E-state index contributed by atoms with van der Waals surface area (Å²) < 4.78 is 0. The van der Waals surface area contributed by atoms with Crippen molar-refractivity contribution >= 4 is 11.6 Å². The fourth-order valence-corrected chi connectivity index (χ4v) is 3.48. The van der Waals surface area contributed by atoms with Gasteiger partial charge in [-0.3, -0.25) is 9.59 Å². The van der Waals surface area contributed by atoms with E-state index in [-0.39, 0.29) is 11.8 Å². The van der Waals surface area contributed by atoms with Crippen molar-refractivity contribution in [2.45, 2.75) is 64.7 Å². The molecule has 0 amide bonds. The normalized spacial score (nSPS) is 29.5. The van der Waals surface area contributed by atoms with Crippen LogP contribution in [0.5, 0.6) is 0 Å². The predicted molar refractivity (Wildman–Crippen MR) is 76.9 cm³/mol. The third-order valence-electron chi connectivity index (χ3n) is 4.89. The molecule has 0 aliphatic heterocycles. The molecule has 0 aromatic carbocycles. The Morgan fingerprint density at radius 2 is 1.42 bits per heavy atom. The van der Waals surface area contributed by atoms with Gasteiger partial charge in [-0.05, 0) is 57.4 Å². The maximum atomic E-state index is 12.1. The van der Waals surface area contributed by atoms with Gasteiger partial charge < -0.3 is 0 Å². The second-order valence-electron chi connectivity index (χ2n) is 6.32. The second-order valence-corrected chi connectivity index (χ2v) is 6.32. The lowest BCUT2D eigenvalue weighted by Gasteiger charge is -2.25. The molecule has 0 aromatic heterocycles. The van der Waals surface area contributed by atoms with Crippen LogP contribution in [0.2, 0.25) is 0 Å². The highest BCUT2D eigenvalue weighted by Crippen LogP contribution is 2.30. The van der Waals surface area contributed by atoms with E-state index in [4.69, 9.17) is 0 Å². The van der Waals surface area contributed by atoms with Crippen molar-refractivity contribution in [2.24, 2.45) is 17.8 Å². The summed E-state index contributed by atoms with van der Waals surface area (Å²) in [7, 11) is 0. The van der Waals surface area contributed by atoms with E-state index in [9.17, 15) is 9.59 Å². The first-order valence-electron chi connectivity index (χ1n) is 7.89. The number of hydrogen-bond acceptors (Lipinski definition) is 2. The fourth-order valence-electron chi connectivity index (χ4n) is 3.48. The zero-order valence-electron chi connectivity index (χ0n) is 12.1. The minimum Gasteiger partial charge on any atom is -0.300 e. The zero-order valence-corrected chi connectivity index (χ0v) is 12.1. The summed E-state index contributed by atoms with van der Waals surface area (Å²) in [5.74, 6) is 1.62. The fraction of sp³-hybridized carbons (Fsp3) is 0.765. The average Bonchev–Trinajstić information content (AvgIpc) is 2.46. The molecule has 2 aliphatic carbocycles. The number of carbonyl (C=O) groups is 2. The Morgan fingerprint density at radius 3 is 2.00 bits per heavy atom. The Labute approximate surface area is 116 Å². The van der Waals surface area contributed by atoms with E-state index in [0.717, 1.165) is 25.7 Å². The highest BCUT2D eigenvalue weighted by Gasteiger charge is 2.27. The molecule has 2 fully saturated rings. The largest absolute Gasteiger partial charge is 0.300 e. The lowest BCUT2D eigenvalue weighted by molar-refractivity contribution is -0.124. The molecular formula is C17H26O2. The third kappa shape index (κ3) is 4.29. The summed E-state index contributed by atoms with van der Waals surface area (Å²) in [5.41, 5.74) is 0. The molecule has 2 saturated carbocycles. The van der Waals surface area contributed by atoms with Crippen LogP contribution in [0.1, 0.15) is 64.7 Å². The Bertz CT molecular complexity index is 342. The summed E-state index contributed by atoms with van der Waals surface area (Å²) in [6.07, 6.45) is 14.1. The van der Waals surface area contributed by atoms with Crippen LogP contribution < -0.4 is 0 Å². The molecule has 0 atom stereocenters. The Kier molecular flexibility index (Phi) is 5.35. The van der Waals surface area contributed by atoms with Gasteiger partial charge in [-0.25, -0.2) is 0 Å². The summed E-state index contributed by atoms with van der Waals surface area (Å²) in [6, 6.07) is 0. The molecule has 0 heterocycles. The van der Waals surface area contributed by atoms with Crippen molar-refractivity contribution in [3.63, 3.8) is 0 Å². The van der Waals surface area contributed by atoms with Crippen LogP contribution in [0.3, 0.4) is 0 Å². The Hall–Kier alpha value is -0.920. The van der Waals surface area contributed by atoms with Gasteiger partial charge in [0.25, 0.3) is 0 Å². The van der Waals surface area contributed by atoms with E-state index in [1.807, 2.05) is 6.08 Å². The average molecular weight is 262 g/mol. The number of hydrogen-bond donors (Lipinski definition) is 0. The van der Waals surface area contributed by atoms with Gasteiger partial charge >= 0.3 is 0 Å². The Morgan fingerprint density at radius 1 is 0.842 bits per heavy atom. The van der Waals surface area contributed by atoms with Crippen molar-refractivity contribution in [3.05, 3.63) is 12.2 Å². The molecule has 0 unspecified atom stereocenters. The SMILES string of the molecule is CC(=O)C1CCC(C(=O)/C=C/C2CCCCC2)CC1. The first kappa shape index (κ1) is 14.5. The van der Waals surface area contributed by atoms with E-state index in [1.165, 1.54) is 32.1 Å². The minimum absolute atomic E-state index is 0.176. The van der Waals surface area contributed by atoms with Gasteiger partial charge in [0.05, 0.1) is 0 Å². The first-order valence-corrected chi connectivity index (χ1v) is 7.89. The number of rotatable bonds is 4. The zero-order chi connectivity index (χ0) is 13.7. The molecule has 2 rings (SSSR count). The van der Waals surface area contributed by atoms with Gasteiger partial charge in [0.15, 0.2) is 5.78 Å². The smallest absolute Gasteiger partial charge is 0.158 e. The maximum absolute atomic E-state index is 12.1. The van der Waals surface area contributed by atoms with E-state index in [0.29, 0.717) is 17.5 Å². The van der Waals surface area contributed by atoms with Gasteiger partial charge in [0, 0.05) is 11.8 Å². The number of Topliss-reactive ketones (excluding diaryl/α,β-unsaturated/α-hetero) is 1. The van der Waals surface area contributed by atoms with Crippen LogP contribution in [0.4, 0.5) is 0 Å². The van der Waals surface area contributed by atoms with Crippen molar-refractivity contribution < 1.29 is 9.59 Å². The van der Waals surface area contributed by atoms with E-state index in [1.54, 1.807) is 6.92 Å². The molecule has 0 aromatic rings. The number of ketones is 2. The molecule has 2 aliphatic rings. The molecule has 2 heteroatoms.